The van der Waals surface area contributed by atoms with Gasteiger partial charge in [-0.05, 0) is 60.7 Å². The number of benzene rings is 3. The van der Waals surface area contributed by atoms with Crippen molar-refractivity contribution < 1.29 is 4.79 Å². The first-order chi connectivity index (χ1) is 15.5. The van der Waals surface area contributed by atoms with Crippen molar-refractivity contribution in [3.63, 3.8) is 0 Å². The van der Waals surface area contributed by atoms with Crippen molar-refractivity contribution in [2.24, 2.45) is 7.05 Å². The van der Waals surface area contributed by atoms with Crippen molar-refractivity contribution in [3.8, 4) is 11.4 Å². The van der Waals surface area contributed by atoms with Crippen LogP contribution in [-0.4, -0.2) is 20.8 Å². The van der Waals surface area contributed by atoms with Crippen molar-refractivity contribution in [1.29, 1.82) is 0 Å². The maximum Gasteiger partial charge on any atom is 0.323 e. The quantitative estimate of drug-likeness (QED) is 0.349. The molecule has 6 nitrogen and oxygen atoms in total. The van der Waals surface area contributed by atoms with Gasteiger partial charge >= 0.3 is 6.03 Å². The lowest BCUT2D eigenvalue weighted by Crippen LogP contribution is -2.19. The monoisotopic (exact) mass is 463 g/mol. The van der Waals surface area contributed by atoms with Gasteiger partial charge in [0.05, 0.1) is 0 Å². The highest BCUT2D eigenvalue weighted by atomic mass is 35.5. The minimum Gasteiger partial charge on any atom is -0.311 e. The van der Waals surface area contributed by atoms with Gasteiger partial charge in [0, 0.05) is 39.6 Å². The third-order valence-corrected chi connectivity index (χ3v) is 5.40. The van der Waals surface area contributed by atoms with Crippen LogP contribution < -0.4 is 10.6 Å². The minimum atomic E-state index is -0.312. The summed E-state index contributed by atoms with van der Waals surface area (Å²) in [6, 6.07) is 21.7. The van der Waals surface area contributed by atoms with Crippen LogP contribution in [0.1, 0.15) is 11.4 Å². The molecule has 0 fully saturated rings. The number of amides is 2. The van der Waals surface area contributed by atoms with Gasteiger partial charge in [0.1, 0.15) is 0 Å². The zero-order valence-corrected chi connectivity index (χ0v) is 18.6. The lowest BCUT2D eigenvalue weighted by Gasteiger charge is -2.08. The highest BCUT2D eigenvalue weighted by Gasteiger charge is 2.10. The van der Waals surface area contributed by atoms with Gasteiger partial charge in [-0.15, -0.1) is 10.2 Å². The smallest absolute Gasteiger partial charge is 0.311 e. The lowest BCUT2D eigenvalue weighted by atomic mass is 10.2. The van der Waals surface area contributed by atoms with Crippen LogP contribution in [0.5, 0.6) is 0 Å². The number of rotatable bonds is 5. The maximum absolute atomic E-state index is 12.2. The van der Waals surface area contributed by atoms with E-state index in [4.69, 9.17) is 23.2 Å². The molecule has 0 saturated carbocycles. The Hall–Kier alpha value is -3.61. The Morgan fingerprint density at radius 1 is 0.812 bits per heavy atom. The molecule has 0 spiro atoms. The second-order valence-electron chi connectivity index (χ2n) is 6.93. The van der Waals surface area contributed by atoms with E-state index < -0.39 is 0 Å². The normalized spacial score (nSPS) is 11.0. The van der Waals surface area contributed by atoms with Gasteiger partial charge < -0.3 is 15.2 Å². The molecule has 0 aliphatic rings. The van der Waals surface area contributed by atoms with Gasteiger partial charge in [-0.25, -0.2) is 4.79 Å². The van der Waals surface area contributed by atoms with Crippen LogP contribution in [0.15, 0.2) is 72.8 Å². The predicted molar refractivity (Wildman–Crippen MR) is 131 cm³/mol. The van der Waals surface area contributed by atoms with Crippen LogP contribution in [0.25, 0.3) is 23.5 Å². The molecule has 0 aliphatic carbocycles. The van der Waals surface area contributed by atoms with Crippen molar-refractivity contribution in [2.75, 3.05) is 10.6 Å². The number of para-hydroxylation sites is 1. The van der Waals surface area contributed by atoms with Gasteiger partial charge in [-0.1, -0.05) is 47.5 Å². The largest absolute Gasteiger partial charge is 0.323 e. The van der Waals surface area contributed by atoms with Crippen LogP contribution in [-0.2, 0) is 7.05 Å². The number of nitrogens with one attached hydrogen (secondary N) is 2. The summed E-state index contributed by atoms with van der Waals surface area (Å²) in [5, 5.41) is 15.3. The molecular formula is C24H19Cl2N5O. The fourth-order valence-electron chi connectivity index (χ4n) is 3.08. The van der Waals surface area contributed by atoms with Gasteiger partial charge in [0.15, 0.2) is 11.6 Å². The lowest BCUT2D eigenvalue weighted by molar-refractivity contribution is 0.262. The van der Waals surface area contributed by atoms with E-state index in [1.807, 2.05) is 78.4 Å². The molecular weight excluding hydrogens is 445 g/mol. The van der Waals surface area contributed by atoms with E-state index in [-0.39, 0.29) is 6.03 Å². The zero-order chi connectivity index (χ0) is 22.5. The first-order valence-electron chi connectivity index (χ1n) is 9.76. The SMILES string of the molecule is Cn1c(/C=C/c2c(Cl)cccc2Cl)nnc1-c1ccc(NC(=O)Nc2ccccc2)cc1. The van der Waals surface area contributed by atoms with Crippen LogP contribution in [0.2, 0.25) is 10.0 Å². The zero-order valence-electron chi connectivity index (χ0n) is 17.1. The summed E-state index contributed by atoms with van der Waals surface area (Å²) in [4.78, 5) is 12.2. The Kier molecular flexibility index (Phi) is 6.54. The molecule has 3 aromatic carbocycles. The number of hydrogen-bond acceptors (Lipinski definition) is 3. The molecule has 0 atom stereocenters. The summed E-state index contributed by atoms with van der Waals surface area (Å²) in [7, 11) is 1.88. The fraction of sp³-hybridized carbons (Fsp3) is 0.0417. The summed E-state index contributed by atoms with van der Waals surface area (Å²) < 4.78 is 1.87. The molecule has 32 heavy (non-hydrogen) atoms. The summed E-state index contributed by atoms with van der Waals surface area (Å²) in [6.45, 7) is 0. The molecule has 0 aliphatic heterocycles. The number of urea groups is 1. The average Bonchev–Trinajstić information content (AvgIpc) is 3.15. The first kappa shape index (κ1) is 21.6. The van der Waals surface area contributed by atoms with Gasteiger partial charge in [-0.2, -0.15) is 0 Å². The van der Waals surface area contributed by atoms with Crippen LogP contribution in [0.3, 0.4) is 0 Å². The summed E-state index contributed by atoms with van der Waals surface area (Å²) in [5.41, 5.74) is 2.98. The molecule has 8 heteroatoms. The Bertz CT molecular complexity index is 1250. The fourth-order valence-corrected chi connectivity index (χ4v) is 3.61. The number of nitrogens with zero attached hydrogens (tertiary/aromatic N) is 3. The van der Waals surface area contributed by atoms with Crippen molar-refractivity contribution in [2.45, 2.75) is 0 Å². The summed E-state index contributed by atoms with van der Waals surface area (Å²) in [6.07, 6.45) is 3.63. The standard InChI is InChI=1S/C24H19Cl2N5O/c1-31-22(15-14-19-20(25)8-5-9-21(19)26)29-30-23(31)16-10-12-18(13-11-16)28-24(32)27-17-6-3-2-4-7-17/h2-15H,1H3,(H2,27,28,32)/b15-14+. The molecule has 0 radical (unpaired) electrons. The third kappa shape index (κ3) is 4.99. The number of carbonyl (C=O) groups excluding carboxylic acids is 1. The molecule has 1 aromatic heterocycles. The van der Waals surface area contributed by atoms with E-state index in [1.165, 1.54) is 0 Å². The number of carbonyl (C=O) groups is 1. The van der Waals surface area contributed by atoms with Crippen LogP contribution in [0, 0.1) is 0 Å². The van der Waals surface area contributed by atoms with Gasteiger partial charge in [0.25, 0.3) is 0 Å². The average molecular weight is 464 g/mol. The number of hydrogen-bond donors (Lipinski definition) is 2. The van der Waals surface area contributed by atoms with Crippen molar-refractivity contribution >= 4 is 52.8 Å². The molecule has 1 heterocycles. The van der Waals surface area contributed by atoms with Crippen LogP contribution >= 0.6 is 23.2 Å². The van der Waals surface area contributed by atoms with Gasteiger partial charge in [0.2, 0.25) is 0 Å². The predicted octanol–water partition coefficient (Wildman–Crippen LogP) is 6.60. The molecule has 4 aromatic rings. The summed E-state index contributed by atoms with van der Waals surface area (Å²) in [5.74, 6) is 1.34. The van der Waals surface area contributed by atoms with E-state index in [2.05, 4.69) is 20.8 Å². The summed E-state index contributed by atoms with van der Waals surface area (Å²) >= 11 is 12.4. The second kappa shape index (κ2) is 9.68. The van der Waals surface area contributed by atoms with Crippen molar-refractivity contribution in [3.05, 3.63) is 94.2 Å². The second-order valence-corrected chi connectivity index (χ2v) is 7.75. The molecule has 4 rings (SSSR count). The Balaban J connectivity index is 1.46. The molecule has 0 bridgehead atoms. The first-order valence-corrected chi connectivity index (χ1v) is 10.5. The molecule has 2 N–H and O–H groups in total. The van der Waals surface area contributed by atoms with E-state index in [9.17, 15) is 4.79 Å². The number of anilines is 2. The Morgan fingerprint density at radius 3 is 2.09 bits per heavy atom. The van der Waals surface area contributed by atoms with E-state index in [1.54, 1.807) is 18.2 Å². The number of aromatic nitrogens is 3. The molecule has 160 valence electrons. The number of halogens is 2. The highest BCUT2D eigenvalue weighted by molar-refractivity contribution is 6.37. The van der Waals surface area contributed by atoms with E-state index >= 15 is 0 Å². The molecule has 0 saturated heterocycles. The molecule has 0 unspecified atom stereocenters. The van der Waals surface area contributed by atoms with E-state index in [0.717, 1.165) is 16.8 Å². The van der Waals surface area contributed by atoms with Crippen molar-refractivity contribution in [1.82, 2.24) is 14.8 Å². The Morgan fingerprint density at radius 2 is 1.44 bits per heavy atom. The topological polar surface area (TPSA) is 71.8 Å². The van der Waals surface area contributed by atoms with E-state index in [0.29, 0.717) is 27.4 Å². The highest BCUT2D eigenvalue weighted by Crippen LogP contribution is 2.27. The minimum absolute atomic E-state index is 0.312. The van der Waals surface area contributed by atoms with Gasteiger partial charge in [-0.3, -0.25) is 0 Å². The Labute approximate surface area is 195 Å². The third-order valence-electron chi connectivity index (χ3n) is 4.74. The van der Waals surface area contributed by atoms with Crippen LogP contribution in [0.4, 0.5) is 16.2 Å². The molecule has 2 amide bonds. The maximum atomic E-state index is 12.2.